The second kappa shape index (κ2) is 6.39. The zero-order valence-corrected chi connectivity index (χ0v) is 11.6. The third-order valence-electron chi connectivity index (χ3n) is 3.42. The van der Waals surface area contributed by atoms with Gasteiger partial charge in [0.1, 0.15) is 0 Å². The molecule has 3 heteroatoms. The van der Waals surface area contributed by atoms with Crippen molar-refractivity contribution in [2.45, 2.75) is 45.3 Å². The maximum absolute atomic E-state index is 10.2. The Hall–Kier alpha value is -0.570. The average Bonchev–Trinajstić information content (AvgIpc) is 2.36. The average molecular weight is 256 g/mol. The molecule has 2 N–H and O–H groups in total. The summed E-state index contributed by atoms with van der Waals surface area (Å²) in [6.45, 7) is 6.73. The first-order chi connectivity index (χ1) is 8.00. The topological polar surface area (TPSA) is 32.3 Å². The van der Waals surface area contributed by atoms with Crippen LogP contribution in [0.4, 0.5) is 0 Å². The first-order valence-electron chi connectivity index (χ1n) is 6.22. The quantitative estimate of drug-likeness (QED) is 0.815. The monoisotopic (exact) mass is 255 g/mol. The highest BCUT2D eigenvalue weighted by molar-refractivity contribution is 6.30. The highest BCUT2D eigenvalue weighted by Crippen LogP contribution is 2.18. The summed E-state index contributed by atoms with van der Waals surface area (Å²) < 4.78 is 0. The van der Waals surface area contributed by atoms with E-state index in [9.17, 15) is 5.11 Å². The fraction of sp³-hybridized carbons (Fsp3) is 0.571. The van der Waals surface area contributed by atoms with Gasteiger partial charge >= 0.3 is 0 Å². The first-order valence-corrected chi connectivity index (χ1v) is 6.60. The summed E-state index contributed by atoms with van der Waals surface area (Å²) in [4.78, 5) is 0. The van der Waals surface area contributed by atoms with Crippen molar-refractivity contribution in [3.05, 3.63) is 34.9 Å². The van der Waals surface area contributed by atoms with Crippen LogP contribution >= 0.6 is 11.6 Å². The summed E-state index contributed by atoms with van der Waals surface area (Å²) in [7, 11) is 0. The molecule has 0 saturated carbocycles. The van der Waals surface area contributed by atoms with E-state index in [-0.39, 0.29) is 6.04 Å². The summed E-state index contributed by atoms with van der Waals surface area (Å²) in [5, 5.41) is 14.3. The largest absolute Gasteiger partial charge is 0.389 e. The first kappa shape index (κ1) is 14.5. The van der Waals surface area contributed by atoms with Crippen LogP contribution in [-0.2, 0) is 0 Å². The lowest BCUT2D eigenvalue weighted by atomic mass is 9.96. The van der Waals surface area contributed by atoms with Gasteiger partial charge in [0.25, 0.3) is 0 Å². The van der Waals surface area contributed by atoms with Gasteiger partial charge in [0.05, 0.1) is 5.60 Å². The molecule has 96 valence electrons. The van der Waals surface area contributed by atoms with E-state index in [0.29, 0.717) is 6.54 Å². The predicted molar refractivity (Wildman–Crippen MR) is 73.4 cm³/mol. The van der Waals surface area contributed by atoms with Gasteiger partial charge < -0.3 is 10.4 Å². The van der Waals surface area contributed by atoms with Gasteiger partial charge in [0.2, 0.25) is 0 Å². The fourth-order valence-corrected chi connectivity index (χ4v) is 1.84. The van der Waals surface area contributed by atoms with Gasteiger partial charge in [-0.05, 0) is 37.5 Å². The fourth-order valence-electron chi connectivity index (χ4n) is 1.71. The zero-order chi connectivity index (χ0) is 12.9. The van der Waals surface area contributed by atoms with Crippen molar-refractivity contribution in [3.63, 3.8) is 0 Å². The molecule has 0 bridgehead atoms. The molecule has 0 aliphatic rings. The molecule has 0 unspecified atom stereocenters. The van der Waals surface area contributed by atoms with Crippen molar-refractivity contribution in [3.8, 4) is 0 Å². The molecular weight excluding hydrogens is 234 g/mol. The van der Waals surface area contributed by atoms with Crippen LogP contribution in [0, 0.1) is 0 Å². The number of aliphatic hydroxyl groups is 1. The van der Waals surface area contributed by atoms with Crippen LogP contribution in [0.3, 0.4) is 0 Å². The number of rotatable bonds is 6. The van der Waals surface area contributed by atoms with Crippen molar-refractivity contribution in [2.24, 2.45) is 0 Å². The molecule has 0 saturated heterocycles. The van der Waals surface area contributed by atoms with Crippen molar-refractivity contribution in [1.29, 1.82) is 0 Å². The Bertz CT molecular complexity index is 333. The minimum atomic E-state index is -0.597. The van der Waals surface area contributed by atoms with E-state index in [1.807, 2.05) is 38.1 Å². The molecule has 2 nitrogen and oxygen atoms in total. The number of nitrogens with one attached hydrogen (secondary N) is 1. The lowest BCUT2D eigenvalue weighted by Gasteiger charge is -2.27. The molecular formula is C14H22ClNO. The van der Waals surface area contributed by atoms with Crippen LogP contribution in [0.2, 0.25) is 5.02 Å². The van der Waals surface area contributed by atoms with Crippen molar-refractivity contribution in [2.75, 3.05) is 6.54 Å². The van der Waals surface area contributed by atoms with Gasteiger partial charge in [-0.3, -0.25) is 0 Å². The highest BCUT2D eigenvalue weighted by atomic mass is 35.5. The molecule has 0 aromatic heterocycles. The smallest absolute Gasteiger partial charge is 0.0766 e. The van der Waals surface area contributed by atoms with E-state index in [1.54, 1.807) is 0 Å². The second-order valence-electron chi connectivity index (χ2n) is 4.59. The predicted octanol–water partition coefficient (Wildman–Crippen LogP) is 3.54. The molecule has 0 fully saturated rings. The number of halogens is 1. The Kier molecular flexibility index (Phi) is 5.44. The third kappa shape index (κ3) is 4.30. The summed E-state index contributed by atoms with van der Waals surface area (Å²) >= 11 is 5.85. The lowest BCUT2D eigenvalue weighted by molar-refractivity contribution is 0.0303. The van der Waals surface area contributed by atoms with Crippen molar-refractivity contribution < 1.29 is 5.11 Å². The Labute approximate surface area is 109 Å². The SMILES string of the molecule is CCC(O)(CC)CN[C@@H](C)c1ccc(Cl)cc1. The summed E-state index contributed by atoms with van der Waals surface area (Å²) in [5.41, 5.74) is 0.588. The van der Waals surface area contributed by atoms with Crippen molar-refractivity contribution in [1.82, 2.24) is 5.32 Å². The molecule has 0 spiro atoms. The van der Waals surface area contributed by atoms with Crippen LogP contribution < -0.4 is 5.32 Å². The Morgan fingerprint density at radius 1 is 1.24 bits per heavy atom. The molecule has 1 aromatic rings. The maximum atomic E-state index is 10.2. The van der Waals surface area contributed by atoms with Crippen LogP contribution in [0.25, 0.3) is 0 Å². The molecule has 1 aromatic carbocycles. The summed E-state index contributed by atoms with van der Waals surface area (Å²) in [6, 6.07) is 8.02. The molecule has 0 aliphatic heterocycles. The zero-order valence-electron chi connectivity index (χ0n) is 10.8. The number of hydrogen-bond donors (Lipinski definition) is 2. The van der Waals surface area contributed by atoms with Gasteiger partial charge in [-0.2, -0.15) is 0 Å². The van der Waals surface area contributed by atoms with E-state index >= 15 is 0 Å². The van der Waals surface area contributed by atoms with Gasteiger partial charge in [-0.15, -0.1) is 0 Å². The lowest BCUT2D eigenvalue weighted by Crippen LogP contribution is -2.40. The summed E-state index contributed by atoms with van der Waals surface area (Å²) in [6.07, 6.45) is 1.54. The van der Waals surface area contributed by atoms with Gasteiger partial charge in [0, 0.05) is 17.6 Å². The molecule has 0 aliphatic carbocycles. The third-order valence-corrected chi connectivity index (χ3v) is 3.68. The second-order valence-corrected chi connectivity index (χ2v) is 5.02. The Morgan fingerprint density at radius 2 is 1.76 bits per heavy atom. The van der Waals surface area contributed by atoms with E-state index in [4.69, 9.17) is 11.6 Å². The Balaban J connectivity index is 2.55. The normalized spacial score (nSPS) is 13.7. The summed E-state index contributed by atoms with van der Waals surface area (Å²) in [5.74, 6) is 0. The minimum absolute atomic E-state index is 0.219. The van der Waals surface area contributed by atoms with Crippen LogP contribution in [-0.4, -0.2) is 17.3 Å². The molecule has 0 heterocycles. The Morgan fingerprint density at radius 3 is 2.24 bits per heavy atom. The van der Waals surface area contributed by atoms with Crippen molar-refractivity contribution >= 4 is 11.6 Å². The van der Waals surface area contributed by atoms with Crippen LogP contribution in [0.5, 0.6) is 0 Å². The van der Waals surface area contributed by atoms with Gasteiger partial charge in [-0.25, -0.2) is 0 Å². The molecule has 1 atom stereocenters. The maximum Gasteiger partial charge on any atom is 0.0766 e. The van der Waals surface area contributed by atoms with E-state index < -0.39 is 5.60 Å². The van der Waals surface area contributed by atoms with Gasteiger partial charge in [-0.1, -0.05) is 37.6 Å². The van der Waals surface area contributed by atoms with E-state index in [1.165, 1.54) is 5.56 Å². The molecule has 17 heavy (non-hydrogen) atoms. The minimum Gasteiger partial charge on any atom is -0.389 e. The number of benzene rings is 1. The van der Waals surface area contributed by atoms with Gasteiger partial charge in [0.15, 0.2) is 0 Å². The molecule has 0 radical (unpaired) electrons. The van der Waals surface area contributed by atoms with E-state index in [0.717, 1.165) is 17.9 Å². The van der Waals surface area contributed by atoms with E-state index in [2.05, 4.69) is 12.2 Å². The van der Waals surface area contributed by atoms with Crippen LogP contribution in [0.1, 0.15) is 45.2 Å². The number of hydrogen-bond acceptors (Lipinski definition) is 2. The van der Waals surface area contributed by atoms with Crippen LogP contribution in [0.15, 0.2) is 24.3 Å². The highest BCUT2D eigenvalue weighted by Gasteiger charge is 2.22. The standard InChI is InChI=1S/C14H22ClNO/c1-4-14(17,5-2)10-16-11(3)12-6-8-13(15)9-7-12/h6-9,11,16-17H,4-5,10H2,1-3H3/t11-/m0/s1. The molecule has 1 rings (SSSR count). The molecule has 0 amide bonds.